The van der Waals surface area contributed by atoms with Gasteiger partial charge in [0.2, 0.25) is 5.91 Å². The van der Waals surface area contributed by atoms with Crippen LogP contribution in [0.15, 0.2) is 36.7 Å². The molecule has 1 aromatic heterocycles. The van der Waals surface area contributed by atoms with Gasteiger partial charge in [-0.05, 0) is 31.9 Å². The van der Waals surface area contributed by atoms with Gasteiger partial charge in [-0.2, -0.15) is 5.10 Å². The minimum Gasteiger partial charge on any atom is -0.351 e. The van der Waals surface area contributed by atoms with Gasteiger partial charge in [-0.3, -0.25) is 14.4 Å². The maximum absolute atomic E-state index is 12.7. The van der Waals surface area contributed by atoms with Crippen molar-refractivity contribution < 1.29 is 4.79 Å². The highest BCUT2D eigenvalue weighted by atomic mass is 16.2. The molecule has 24 heavy (non-hydrogen) atoms. The third-order valence-electron chi connectivity index (χ3n) is 4.61. The van der Waals surface area contributed by atoms with Crippen molar-refractivity contribution in [1.82, 2.24) is 20.0 Å². The molecule has 0 spiro atoms. The van der Waals surface area contributed by atoms with Gasteiger partial charge in [-0.1, -0.05) is 36.2 Å². The molecule has 1 aromatic carbocycles. The van der Waals surface area contributed by atoms with E-state index in [0.717, 1.165) is 37.9 Å². The fraction of sp³-hybridized carbons (Fsp3) is 0.474. The van der Waals surface area contributed by atoms with Crippen LogP contribution in [0.5, 0.6) is 0 Å². The highest BCUT2D eigenvalue weighted by Crippen LogP contribution is 2.20. The summed E-state index contributed by atoms with van der Waals surface area (Å²) in [7, 11) is 1.88. The van der Waals surface area contributed by atoms with Gasteiger partial charge < -0.3 is 5.32 Å². The average Bonchev–Trinajstić information content (AvgIpc) is 2.99. The second-order valence-electron chi connectivity index (χ2n) is 6.71. The molecule has 3 rings (SSSR count). The highest BCUT2D eigenvalue weighted by Gasteiger charge is 2.28. The van der Waals surface area contributed by atoms with E-state index in [1.807, 2.05) is 13.2 Å². The third kappa shape index (κ3) is 4.23. The Morgan fingerprint density at radius 3 is 2.96 bits per heavy atom. The molecular formula is C19H26N4O. The van der Waals surface area contributed by atoms with Crippen LogP contribution in [0.2, 0.25) is 0 Å². The first kappa shape index (κ1) is 16.7. The lowest BCUT2D eigenvalue weighted by Gasteiger charge is -2.34. The van der Waals surface area contributed by atoms with Gasteiger partial charge in [-0.15, -0.1) is 0 Å². The zero-order chi connectivity index (χ0) is 16.9. The topological polar surface area (TPSA) is 50.2 Å². The molecule has 1 N–H and O–H groups in total. The summed E-state index contributed by atoms with van der Waals surface area (Å²) in [5, 5.41) is 7.22. The van der Waals surface area contributed by atoms with Crippen LogP contribution in [0.4, 0.5) is 0 Å². The summed E-state index contributed by atoms with van der Waals surface area (Å²) in [4.78, 5) is 15.0. The Morgan fingerprint density at radius 2 is 2.21 bits per heavy atom. The van der Waals surface area contributed by atoms with Gasteiger partial charge in [-0.25, -0.2) is 0 Å². The summed E-state index contributed by atoms with van der Waals surface area (Å²) in [5.41, 5.74) is 3.58. The lowest BCUT2D eigenvalue weighted by Crippen LogP contribution is -2.48. The number of hydrogen-bond acceptors (Lipinski definition) is 3. The van der Waals surface area contributed by atoms with E-state index in [0.29, 0.717) is 6.54 Å². The van der Waals surface area contributed by atoms with Crippen molar-refractivity contribution >= 4 is 5.91 Å². The summed E-state index contributed by atoms with van der Waals surface area (Å²) in [6.45, 7) is 4.48. The third-order valence-corrected chi connectivity index (χ3v) is 4.61. The number of nitrogens with one attached hydrogen (secondary N) is 1. The van der Waals surface area contributed by atoms with Crippen LogP contribution in [0, 0.1) is 6.92 Å². The van der Waals surface area contributed by atoms with Crippen molar-refractivity contribution in [2.45, 2.75) is 45.3 Å². The zero-order valence-electron chi connectivity index (χ0n) is 14.5. The molecule has 5 heteroatoms. The molecule has 1 atom stereocenters. The molecule has 1 amide bonds. The lowest BCUT2D eigenvalue weighted by atomic mass is 10.00. The SMILES string of the molecule is Cc1cccc(CN2CCCC[C@@H]2C(=O)NCc2cnn(C)c2)c1. The second kappa shape index (κ2) is 7.62. The van der Waals surface area contributed by atoms with Crippen LogP contribution in [0.1, 0.15) is 36.0 Å². The van der Waals surface area contributed by atoms with Gasteiger partial charge in [0.25, 0.3) is 0 Å². The molecular weight excluding hydrogens is 300 g/mol. The largest absolute Gasteiger partial charge is 0.351 e. The Hall–Kier alpha value is -2.14. The van der Waals surface area contributed by atoms with Crippen molar-refractivity contribution in [3.63, 3.8) is 0 Å². The Labute approximate surface area is 143 Å². The minimum atomic E-state index is -0.0315. The van der Waals surface area contributed by atoms with Gasteiger partial charge in [0.1, 0.15) is 0 Å². The number of benzene rings is 1. The summed E-state index contributed by atoms with van der Waals surface area (Å²) in [6.07, 6.45) is 6.95. The molecule has 0 bridgehead atoms. The zero-order valence-corrected chi connectivity index (χ0v) is 14.5. The van der Waals surface area contributed by atoms with E-state index in [1.54, 1.807) is 10.9 Å². The molecule has 0 radical (unpaired) electrons. The van der Waals surface area contributed by atoms with E-state index in [2.05, 4.69) is 46.5 Å². The molecule has 0 unspecified atom stereocenters. The molecule has 128 valence electrons. The van der Waals surface area contributed by atoms with E-state index >= 15 is 0 Å². The first-order chi connectivity index (χ1) is 11.6. The van der Waals surface area contributed by atoms with Gasteiger partial charge in [0.05, 0.1) is 12.2 Å². The molecule has 1 aliphatic heterocycles. The highest BCUT2D eigenvalue weighted by molar-refractivity contribution is 5.81. The Morgan fingerprint density at radius 1 is 1.33 bits per heavy atom. The van der Waals surface area contributed by atoms with E-state index in [9.17, 15) is 4.79 Å². The number of piperidine rings is 1. The summed E-state index contributed by atoms with van der Waals surface area (Å²) < 4.78 is 1.76. The van der Waals surface area contributed by atoms with Crippen LogP contribution < -0.4 is 5.32 Å². The maximum atomic E-state index is 12.7. The number of carbonyl (C=O) groups excluding carboxylic acids is 1. The number of aryl methyl sites for hydroxylation is 2. The second-order valence-corrected chi connectivity index (χ2v) is 6.71. The first-order valence-corrected chi connectivity index (χ1v) is 8.66. The predicted octanol–water partition coefficient (Wildman–Crippen LogP) is 2.40. The molecule has 1 fully saturated rings. The number of rotatable bonds is 5. The molecule has 0 aliphatic carbocycles. The number of likely N-dealkylation sites (tertiary alicyclic amines) is 1. The Bertz CT molecular complexity index is 694. The summed E-state index contributed by atoms with van der Waals surface area (Å²) >= 11 is 0. The van der Waals surface area contributed by atoms with Crippen LogP contribution in [-0.2, 0) is 24.9 Å². The number of amides is 1. The van der Waals surface area contributed by atoms with Gasteiger partial charge in [0.15, 0.2) is 0 Å². The van der Waals surface area contributed by atoms with Gasteiger partial charge in [0, 0.05) is 31.9 Å². The number of nitrogens with zero attached hydrogens (tertiary/aromatic N) is 3. The average molecular weight is 326 g/mol. The molecule has 2 heterocycles. The molecule has 1 aliphatic rings. The number of aromatic nitrogens is 2. The first-order valence-electron chi connectivity index (χ1n) is 8.66. The predicted molar refractivity (Wildman–Crippen MR) is 94.3 cm³/mol. The van der Waals surface area contributed by atoms with E-state index in [1.165, 1.54) is 11.1 Å². The smallest absolute Gasteiger partial charge is 0.237 e. The summed E-state index contributed by atoms with van der Waals surface area (Å²) in [5.74, 6) is 0.131. The molecule has 0 saturated carbocycles. The molecule has 1 saturated heterocycles. The lowest BCUT2D eigenvalue weighted by molar-refractivity contribution is -0.128. The Kier molecular flexibility index (Phi) is 5.30. The maximum Gasteiger partial charge on any atom is 0.237 e. The fourth-order valence-corrected chi connectivity index (χ4v) is 3.39. The van der Waals surface area contributed by atoms with Crippen LogP contribution >= 0.6 is 0 Å². The molecule has 2 aromatic rings. The standard InChI is InChI=1S/C19H26N4O/c1-15-6-5-7-16(10-15)14-23-9-4-3-8-18(23)19(24)20-11-17-12-21-22(2)13-17/h5-7,10,12-13,18H,3-4,8-9,11,14H2,1-2H3,(H,20,24)/t18-/m1/s1. The van der Waals surface area contributed by atoms with Crippen molar-refractivity contribution in [2.24, 2.45) is 7.05 Å². The minimum absolute atomic E-state index is 0.0315. The van der Waals surface area contributed by atoms with Gasteiger partial charge >= 0.3 is 0 Å². The van der Waals surface area contributed by atoms with Crippen molar-refractivity contribution in [1.29, 1.82) is 0 Å². The number of carbonyl (C=O) groups is 1. The number of hydrogen-bond donors (Lipinski definition) is 1. The summed E-state index contributed by atoms with van der Waals surface area (Å²) in [6, 6.07) is 8.52. The van der Waals surface area contributed by atoms with Crippen LogP contribution in [-0.4, -0.2) is 33.2 Å². The van der Waals surface area contributed by atoms with Crippen LogP contribution in [0.3, 0.4) is 0 Å². The quantitative estimate of drug-likeness (QED) is 0.918. The fourth-order valence-electron chi connectivity index (χ4n) is 3.39. The monoisotopic (exact) mass is 326 g/mol. The van der Waals surface area contributed by atoms with E-state index < -0.39 is 0 Å². The van der Waals surface area contributed by atoms with Crippen LogP contribution in [0.25, 0.3) is 0 Å². The van der Waals surface area contributed by atoms with E-state index in [4.69, 9.17) is 0 Å². The normalized spacial score (nSPS) is 18.5. The van der Waals surface area contributed by atoms with Crippen molar-refractivity contribution in [3.8, 4) is 0 Å². The van der Waals surface area contributed by atoms with Crippen molar-refractivity contribution in [2.75, 3.05) is 6.54 Å². The Balaban J connectivity index is 1.61. The molecule has 5 nitrogen and oxygen atoms in total. The van der Waals surface area contributed by atoms with E-state index in [-0.39, 0.29) is 11.9 Å². The van der Waals surface area contributed by atoms with Crippen molar-refractivity contribution in [3.05, 3.63) is 53.3 Å².